The van der Waals surface area contributed by atoms with Crippen LogP contribution in [0, 0.1) is 0 Å². The van der Waals surface area contributed by atoms with Crippen LogP contribution in [0.4, 0.5) is 5.69 Å². The third-order valence-electron chi connectivity index (χ3n) is 5.30. The van der Waals surface area contributed by atoms with E-state index in [2.05, 4.69) is 5.32 Å². The molecule has 1 heterocycles. The number of methoxy groups -OCH3 is 1. The lowest BCUT2D eigenvalue weighted by Crippen LogP contribution is -2.36. The average molecular weight is 455 g/mol. The fourth-order valence-corrected chi connectivity index (χ4v) is 5.48. The van der Waals surface area contributed by atoms with Gasteiger partial charge < -0.3 is 14.8 Å². The molecule has 0 aromatic heterocycles. The third kappa shape index (κ3) is 3.87. The molecule has 1 aliphatic heterocycles. The minimum absolute atomic E-state index is 0.154. The molecule has 8 nitrogen and oxygen atoms in total. The van der Waals surface area contributed by atoms with Gasteiger partial charge in [-0.05, 0) is 30.5 Å². The summed E-state index contributed by atoms with van der Waals surface area (Å²) in [6.45, 7) is 0.737. The van der Waals surface area contributed by atoms with Gasteiger partial charge in [0.15, 0.2) is 6.61 Å². The number of ether oxygens (including phenoxy) is 2. The molecule has 0 bridgehead atoms. The van der Waals surface area contributed by atoms with Gasteiger partial charge in [-0.1, -0.05) is 42.5 Å². The van der Waals surface area contributed by atoms with Crippen LogP contribution in [-0.4, -0.2) is 40.6 Å². The first kappa shape index (κ1) is 21.6. The lowest BCUT2D eigenvalue weighted by Gasteiger charge is -2.19. The summed E-state index contributed by atoms with van der Waals surface area (Å²) in [7, 11) is -2.33. The first-order chi connectivity index (χ1) is 15.3. The molecule has 1 unspecified atom stereocenters. The molecule has 0 fully saturated rings. The van der Waals surface area contributed by atoms with Crippen LogP contribution in [0.2, 0.25) is 0 Å². The number of hydrogen-bond acceptors (Lipinski definition) is 6. The Morgan fingerprint density at radius 3 is 2.50 bits per heavy atom. The maximum Gasteiger partial charge on any atom is 0.327 e. The first-order valence-electron chi connectivity index (χ1n) is 9.95. The summed E-state index contributed by atoms with van der Waals surface area (Å²) in [5, 5.41) is 4.08. The Bertz CT molecular complexity index is 1300. The highest BCUT2D eigenvalue weighted by Crippen LogP contribution is 2.41. The van der Waals surface area contributed by atoms with Crippen LogP contribution in [0.3, 0.4) is 0 Å². The van der Waals surface area contributed by atoms with Gasteiger partial charge in [0, 0.05) is 10.9 Å². The topological polar surface area (TPSA) is 102 Å². The molecule has 0 saturated carbocycles. The van der Waals surface area contributed by atoms with Crippen LogP contribution < -0.4 is 14.4 Å². The largest absolute Gasteiger partial charge is 0.496 e. The Labute approximate surface area is 185 Å². The summed E-state index contributed by atoms with van der Waals surface area (Å²) in [6, 6.07) is 17.1. The normalized spacial score (nSPS) is 14.8. The van der Waals surface area contributed by atoms with Crippen molar-refractivity contribution in [1.29, 1.82) is 0 Å². The number of benzene rings is 3. The number of carbonyl (C=O) groups excluding carboxylic acids is 2. The number of hydrogen-bond donors (Lipinski definition) is 1. The van der Waals surface area contributed by atoms with Gasteiger partial charge in [0.05, 0.1) is 23.7 Å². The fourth-order valence-electron chi connectivity index (χ4n) is 3.82. The molecular formula is C23H22N2O6S. The Morgan fingerprint density at radius 2 is 1.75 bits per heavy atom. The van der Waals surface area contributed by atoms with E-state index in [4.69, 9.17) is 9.47 Å². The van der Waals surface area contributed by atoms with E-state index in [9.17, 15) is 18.0 Å². The standard InChI is InChI=1S/C23H22N2O6S/c1-15(17-9-3-4-11-19(17)30-2)24-21(26)14-31-22(27)13-25-18-10-5-7-16-8-6-12-20(23(16)18)32(25,28)29/h3-12,15H,13-14H2,1-2H3,(H,24,26). The first-order valence-corrected chi connectivity index (χ1v) is 11.4. The molecule has 4 rings (SSSR count). The van der Waals surface area contributed by atoms with E-state index in [1.807, 2.05) is 30.3 Å². The average Bonchev–Trinajstić information content (AvgIpc) is 3.01. The van der Waals surface area contributed by atoms with Gasteiger partial charge in [0.25, 0.3) is 15.9 Å². The molecule has 32 heavy (non-hydrogen) atoms. The number of rotatable bonds is 7. The van der Waals surface area contributed by atoms with E-state index in [-0.39, 0.29) is 10.9 Å². The highest BCUT2D eigenvalue weighted by atomic mass is 32.2. The summed E-state index contributed by atoms with van der Waals surface area (Å²) in [6.07, 6.45) is 0. The van der Waals surface area contributed by atoms with Gasteiger partial charge in [-0.2, -0.15) is 0 Å². The smallest absolute Gasteiger partial charge is 0.327 e. The van der Waals surface area contributed by atoms with E-state index in [0.29, 0.717) is 16.8 Å². The minimum Gasteiger partial charge on any atom is -0.496 e. The molecule has 3 aromatic carbocycles. The maximum atomic E-state index is 12.9. The quantitative estimate of drug-likeness (QED) is 0.551. The highest BCUT2D eigenvalue weighted by molar-refractivity contribution is 7.93. The Balaban J connectivity index is 1.40. The minimum atomic E-state index is -3.88. The summed E-state index contributed by atoms with van der Waals surface area (Å²) in [4.78, 5) is 24.8. The van der Waals surface area contributed by atoms with Gasteiger partial charge in [-0.3, -0.25) is 13.9 Å². The van der Waals surface area contributed by atoms with Crippen LogP contribution in [0.15, 0.2) is 65.6 Å². The van der Waals surface area contributed by atoms with Crippen molar-refractivity contribution in [3.8, 4) is 5.75 Å². The number of para-hydroxylation sites is 1. The molecule has 9 heteroatoms. The van der Waals surface area contributed by atoms with Crippen molar-refractivity contribution in [2.45, 2.75) is 17.9 Å². The van der Waals surface area contributed by atoms with Crippen molar-refractivity contribution in [1.82, 2.24) is 5.32 Å². The number of sulfonamides is 1. The summed E-state index contributed by atoms with van der Waals surface area (Å²) in [5.41, 5.74) is 1.20. The van der Waals surface area contributed by atoms with Gasteiger partial charge in [-0.15, -0.1) is 0 Å². The lowest BCUT2D eigenvalue weighted by atomic mass is 10.1. The number of carbonyl (C=O) groups is 2. The monoisotopic (exact) mass is 454 g/mol. The Kier molecular flexibility index (Phi) is 5.75. The molecule has 3 aromatic rings. The Hall–Kier alpha value is -3.59. The number of nitrogens with zero attached hydrogens (tertiary/aromatic N) is 1. The second-order valence-corrected chi connectivity index (χ2v) is 9.17. The van der Waals surface area contributed by atoms with Crippen molar-refractivity contribution >= 4 is 38.4 Å². The predicted octanol–water partition coefficient (Wildman–Crippen LogP) is 2.78. The number of anilines is 1. The molecule has 0 radical (unpaired) electrons. The zero-order chi connectivity index (χ0) is 22.9. The Morgan fingerprint density at radius 1 is 1.03 bits per heavy atom. The van der Waals surface area contributed by atoms with Crippen molar-refractivity contribution in [3.05, 3.63) is 66.2 Å². The second-order valence-electron chi connectivity index (χ2n) is 7.33. The van der Waals surface area contributed by atoms with E-state index in [1.54, 1.807) is 38.3 Å². The van der Waals surface area contributed by atoms with Crippen LogP contribution in [-0.2, 0) is 24.3 Å². The fraction of sp³-hybridized carbons (Fsp3) is 0.217. The summed E-state index contributed by atoms with van der Waals surface area (Å²) < 4.78 is 37.2. The molecule has 0 spiro atoms. The molecule has 0 saturated heterocycles. The number of esters is 1. The van der Waals surface area contributed by atoms with Crippen LogP contribution in [0.1, 0.15) is 18.5 Å². The van der Waals surface area contributed by atoms with E-state index in [1.165, 1.54) is 6.07 Å². The molecule has 0 aliphatic carbocycles. The molecule has 1 N–H and O–H groups in total. The van der Waals surface area contributed by atoms with Crippen LogP contribution >= 0.6 is 0 Å². The van der Waals surface area contributed by atoms with E-state index in [0.717, 1.165) is 15.3 Å². The van der Waals surface area contributed by atoms with Crippen molar-refractivity contribution in [2.24, 2.45) is 0 Å². The molecule has 166 valence electrons. The second kappa shape index (κ2) is 8.51. The van der Waals surface area contributed by atoms with Gasteiger partial charge in [-0.25, -0.2) is 8.42 Å². The van der Waals surface area contributed by atoms with Gasteiger partial charge >= 0.3 is 5.97 Å². The van der Waals surface area contributed by atoms with Crippen molar-refractivity contribution in [3.63, 3.8) is 0 Å². The zero-order valence-electron chi connectivity index (χ0n) is 17.6. The van der Waals surface area contributed by atoms with Crippen molar-refractivity contribution < 1.29 is 27.5 Å². The maximum absolute atomic E-state index is 12.9. The molecule has 1 atom stereocenters. The van der Waals surface area contributed by atoms with E-state index < -0.39 is 35.1 Å². The molecular weight excluding hydrogens is 432 g/mol. The number of nitrogens with one attached hydrogen (secondary N) is 1. The molecule has 1 amide bonds. The number of amides is 1. The SMILES string of the molecule is COc1ccccc1C(C)NC(=O)COC(=O)CN1c2cccc3cccc(c23)S1(=O)=O. The van der Waals surface area contributed by atoms with Crippen molar-refractivity contribution in [2.75, 3.05) is 24.6 Å². The van der Waals surface area contributed by atoms with Crippen LogP contribution in [0.5, 0.6) is 5.75 Å². The zero-order valence-corrected chi connectivity index (χ0v) is 18.4. The lowest BCUT2D eigenvalue weighted by molar-refractivity contribution is -0.147. The van der Waals surface area contributed by atoms with Crippen LogP contribution in [0.25, 0.3) is 10.8 Å². The van der Waals surface area contributed by atoms with Gasteiger partial charge in [0.1, 0.15) is 12.3 Å². The highest BCUT2D eigenvalue weighted by Gasteiger charge is 2.37. The third-order valence-corrected chi connectivity index (χ3v) is 7.10. The molecule has 1 aliphatic rings. The van der Waals surface area contributed by atoms with Gasteiger partial charge in [0.2, 0.25) is 0 Å². The predicted molar refractivity (Wildman–Crippen MR) is 119 cm³/mol. The summed E-state index contributed by atoms with van der Waals surface area (Å²) in [5.74, 6) is -0.699. The van der Waals surface area contributed by atoms with E-state index >= 15 is 0 Å². The summed E-state index contributed by atoms with van der Waals surface area (Å²) >= 11 is 0.